The Kier molecular flexibility index (Phi) is 2.75. The molecule has 2 aliphatic heterocycles. The standard InChI is InChI=1S/C13H14FNO2S/c14-12-5-3-4-11-10(8-15-6-1-2-7-15)9-18(16,17)13(11)12/h3-5,9H,1-2,6-8H2. The largest absolute Gasteiger partial charge is 0.299 e. The first kappa shape index (κ1) is 11.9. The van der Waals surface area contributed by atoms with Gasteiger partial charge in [0, 0.05) is 17.5 Å². The van der Waals surface area contributed by atoms with E-state index in [1.165, 1.54) is 11.5 Å². The molecule has 3 nitrogen and oxygen atoms in total. The summed E-state index contributed by atoms with van der Waals surface area (Å²) >= 11 is 0. The summed E-state index contributed by atoms with van der Waals surface area (Å²) in [7, 11) is -3.59. The van der Waals surface area contributed by atoms with E-state index in [2.05, 4.69) is 4.90 Å². The molecule has 3 rings (SSSR count). The lowest BCUT2D eigenvalue weighted by Crippen LogP contribution is -2.21. The first-order valence-corrected chi connectivity index (χ1v) is 7.59. The average molecular weight is 267 g/mol. The Morgan fingerprint density at radius 1 is 1.22 bits per heavy atom. The van der Waals surface area contributed by atoms with Crippen LogP contribution in [0.15, 0.2) is 28.5 Å². The molecule has 0 radical (unpaired) electrons. The highest BCUT2D eigenvalue weighted by Gasteiger charge is 2.31. The van der Waals surface area contributed by atoms with Crippen molar-refractivity contribution in [2.75, 3.05) is 19.6 Å². The van der Waals surface area contributed by atoms with E-state index in [-0.39, 0.29) is 4.90 Å². The van der Waals surface area contributed by atoms with Gasteiger partial charge in [-0.3, -0.25) is 4.90 Å². The fourth-order valence-corrected chi connectivity index (χ4v) is 4.20. The molecule has 0 aromatic heterocycles. The summed E-state index contributed by atoms with van der Waals surface area (Å²) in [5, 5.41) is 1.22. The number of rotatable bonds is 2. The van der Waals surface area contributed by atoms with Gasteiger partial charge in [-0.05, 0) is 37.6 Å². The van der Waals surface area contributed by atoms with Crippen LogP contribution in [0, 0.1) is 5.82 Å². The number of sulfone groups is 1. The second kappa shape index (κ2) is 4.17. The van der Waals surface area contributed by atoms with E-state index in [4.69, 9.17) is 0 Å². The fourth-order valence-electron chi connectivity index (χ4n) is 2.66. The van der Waals surface area contributed by atoms with Crippen LogP contribution in [0.2, 0.25) is 0 Å². The highest BCUT2D eigenvalue weighted by Crippen LogP contribution is 2.35. The smallest absolute Gasteiger partial charge is 0.203 e. The van der Waals surface area contributed by atoms with Crippen LogP contribution in [-0.4, -0.2) is 33.0 Å². The topological polar surface area (TPSA) is 37.4 Å². The first-order valence-electron chi connectivity index (χ1n) is 6.05. The molecule has 18 heavy (non-hydrogen) atoms. The summed E-state index contributed by atoms with van der Waals surface area (Å²) in [6.45, 7) is 2.57. The number of hydrogen-bond donors (Lipinski definition) is 0. The Balaban J connectivity index is 2.01. The van der Waals surface area contributed by atoms with E-state index in [1.54, 1.807) is 12.1 Å². The van der Waals surface area contributed by atoms with Crippen LogP contribution in [0.5, 0.6) is 0 Å². The minimum Gasteiger partial charge on any atom is -0.299 e. The van der Waals surface area contributed by atoms with Crippen molar-refractivity contribution in [3.05, 3.63) is 35.0 Å². The monoisotopic (exact) mass is 267 g/mol. The van der Waals surface area contributed by atoms with E-state index >= 15 is 0 Å². The van der Waals surface area contributed by atoms with Gasteiger partial charge in [0.25, 0.3) is 0 Å². The maximum Gasteiger partial charge on any atom is 0.203 e. The maximum absolute atomic E-state index is 13.6. The molecule has 0 spiro atoms. The Bertz CT molecular complexity index is 616. The molecule has 0 aliphatic carbocycles. The Morgan fingerprint density at radius 3 is 2.67 bits per heavy atom. The molecule has 96 valence electrons. The molecule has 1 aromatic rings. The maximum atomic E-state index is 13.6. The second-order valence-corrected chi connectivity index (χ2v) is 6.52. The van der Waals surface area contributed by atoms with Gasteiger partial charge in [0.2, 0.25) is 9.84 Å². The summed E-state index contributed by atoms with van der Waals surface area (Å²) in [6, 6.07) is 4.45. The highest BCUT2D eigenvalue weighted by atomic mass is 32.2. The van der Waals surface area contributed by atoms with Crippen molar-refractivity contribution in [3.63, 3.8) is 0 Å². The third-order valence-electron chi connectivity index (χ3n) is 3.49. The van der Waals surface area contributed by atoms with Gasteiger partial charge in [-0.1, -0.05) is 12.1 Å². The zero-order chi connectivity index (χ0) is 12.8. The number of likely N-dealkylation sites (tertiary alicyclic amines) is 1. The van der Waals surface area contributed by atoms with Crippen molar-refractivity contribution in [1.82, 2.24) is 4.90 Å². The third-order valence-corrected chi connectivity index (χ3v) is 5.07. The van der Waals surface area contributed by atoms with Gasteiger partial charge < -0.3 is 0 Å². The van der Waals surface area contributed by atoms with Crippen molar-refractivity contribution >= 4 is 15.4 Å². The minimum atomic E-state index is -3.59. The van der Waals surface area contributed by atoms with E-state index in [0.29, 0.717) is 17.7 Å². The van der Waals surface area contributed by atoms with Gasteiger partial charge in [-0.15, -0.1) is 0 Å². The van der Waals surface area contributed by atoms with E-state index in [0.717, 1.165) is 25.9 Å². The first-order chi connectivity index (χ1) is 8.58. The number of fused-ring (bicyclic) bond motifs is 1. The quantitative estimate of drug-likeness (QED) is 0.823. The van der Waals surface area contributed by atoms with Crippen molar-refractivity contribution in [1.29, 1.82) is 0 Å². The summed E-state index contributed by atoms with van der Waals surface area (Å²) in [5.74, 6) is -0.653. The van der Waals surface area contributed by atoms with Crippen LogP contribution in [0.4, 0.5) is 4.39 Å². The molecule has 1 aromatic carbocycles. The average Bonchev–Trinajstić information content (AvgIpc) is 2.87. The summed E-state index contributed by atoms with van der Waals surface area (Å²) in [6.07, 6.45) is 2.30. The molecule has 2 aliphatic rings. The minimum absolute atomic E-state index is 0.154. The summed E-state index contributed by atoms with van der Waals surface area (Å²) < 4.78 is 37.5. The van der Waals surface area contributed by atoms with Crippen LogP contribution in [0.25, 0.3) is 5.57 Å². The molecule has 5 heteroatoms. The zero-order valence-corrected chi connectivity index (χ0v) is 10.7. The van der Waals surface area contributed by atoms with E-state index in [1.807, 2.05) is 0 Å². The van der Waals surface area contributed by atoms with Crippen molar-refractivity contribution in [2.45, 2.75) is 17.7 Å². The normalized spacial score (nSPS) is 21.9. The second-order valence-electron chi connectivity index (χ2n) is 4.79. The predicted molar refractivity (Wildman–Crippen MR) is 67.2 cm³/mol. The molecular weight excluding hydrogens is 253 g/mol. The number of halogens is 1. The van der Waals surface area contributed by atoms with Crippen molar-refractivity contribution < 1.29 is 12.8 Å². The van der Waals surface area contributed by atoms with Gasteiger partial charge in [-0.2, -0.15) is 0 Å². The van der Waals surface area contributed by atoms with Gasteiger partial charge in [0.1, 0.15) is 10.7 Å². The molecule has 0 amide bonds. The molecule has 0 unspecified atom stereocenters. The molecule has 0 N–H and O–H groups in total. The summed E-state index contributed by atoms with van der Waals surface area (Å²) in [5.41, 5.74) is 1.24. The van der Waals surface area contributed by atoms with Crippen LogP contribution in [0.1, 0.15) is 18.4 Å². The number of nitrogens with zero attached hydrogens (tertiary/aromatic N) is 1. The molecular formula is C13H14FNO2S. The molecule has 0 atom stereocenters. The Labute approximate surface area is 106 Å². The van der Waals surface area contributed by atoms with Crippen LogP contribution in [-0.2, 0) is 9.84 Å². The zero-order valence-electron chi connectivity index (χ0n) is 9.89. The molecule has 0 saturated carbocycles. The van der Waals surface area contributed by atoms with Gasteiger partial charge in [0.05, 0.1) is 0 Å². The summed E-state index contributed by atoms with van der Waals surface area (Å²) in [4.78, 5) is 2.06. The van der Waals surface area contributed by atoms with Gasteiger partial charge >= 0.3 is 0 Å². The fraction of sp³-hybridized carbons (Fsp3) is 0.385. The van der Waals surface area contributed by atoms with Crippen molar-refractivity contribution in [3.8, 4) is 0 Å². The number of hydrogen-bond acceptors (Lipinski definition) is 3. The molecule has 1 fully saturated rings. The molecule has 0 bridgehead atoms. The van der Waals surface area contributed by atoms with Gasteiger partial charge in [0.15, 0.2) is 0 Å². The third kappa shape index (κ3) is 1.87. The van der Waals surface area contributed by atoms with Crippen LogP contribution >= 0.6 is 0 Å². The molecule has 1 saturated heterocycles. The van der Waals surface area contributed by atoms with Gasteiger partial charge in [-0.25, -0.2) is 12.8 Å². The van der Waals surface area contributed by atoms with Crippen LogP contribution in [0.3, 0.4) is 0 Å². The predicted octanol–water partition coefficient (Wildman–Crippen LogP) is 2.05. The van der Waals surface area contributed by atoms with Crippen molar-refractivity contribution in [2.24, 2.45) is 0 Å². The molecule has 2 heterocycles. The van der Waals surface area contributed by atoms with E-state index in [9.17, 15) is 12.8 Å². The lowest BCUT2D eigenvalue weighted by atomic mass is 10.1. The number of benzene rings is 1. The Hall–Kier alpha value is -1.20. The van der Waals surface area contributed by atoms with E-state index < -0.39 is 15.7 Å². The Morgan fingerprint density at radius 2 is 1.94 bits per heavy atom. The lowest BCUT2D eigenvalue weighted by molar-refractivity contribution is 0.383. The van der Waals surface area contributed by atoms with Crippen LogP contribution < -0.4 is 0 Å². The highest BCUT2D eigenvalue weighted by molar-refractivity contribution is 7.95. The lowest BCUT2D eigenvalue weighted by Gasteiger charge is -2.15. The SMILES string of the molecule is O=S1(=O)C=C(CN2CCCC2)c2cccc(F)c21.